The van der Waals surface area contributed by atoms with Gasteiger partial charge < -0.3 is 15.0 Å². The van der Waals surface area contributed by atoms with Crippen molar-refractivity contribution < 1.29 is 9.53 Å². The van der Waals surface area contributed by atoms with Crippen LogP contribution in [0.4, 0.5) is 0 Å². The highest BCUT2D eigenvalue weighted by molar-refractivity contribution is 7.98. The number of rotatable bonds is 6. The molecule has 0 saturated heterocycles. The second kappa shape index (κ2) is 7.41. The smallest absolute Gasteiger partial charge is 0.261 e. The van der Waals surface area contributed by atoms with Crippen molar-refractivity contribution in [2.24, 2.45) is 5.41 Å². The Hall–Kier alpha value is -1.78. The van der Waals surface area contributed by atoms with E-state index in [0.29, 0.717) is 10.6 Å². The molecule has 7 heteroatoms. The average Bonchev–Trinajstić information content (AvgIpc) is 2.58. The number of nitrogens with one attached hydrogen (secondary N) is 2. The van der Waals surface area contributed by atoms with Gasteiger partial charge in [0.25, 0.3) is 11.5 Å². The molecular weight excluding hydrogens is 326 g/mol. The van der Waals surface area contributed by atoms with Gasteiger partial charge in [-0.05, 0) is 31.6 Å². The van der Waals surface area contributed by atoms with E-state index in [-0.39, 0.29) is 23.1 Å². The Kier molecular flexibility index (Phi) is 5.73. The number of ether oxygens (including phenoxy) is 1. The van der Waals surface area contributed by atoms with E-state index in [0.717, 1.165) is 19.3 Å². The Morgan fingerprint density at radius 1 is 1.54 bits per heavy atom. The third kappa shape index (κ3) is 2.96. The van der Waals surface area contributed by atoms with Gasteiger partial charge in [-0.15, -0.1) is 11.8 Å². The highest BCUT2D eigenvalue weighted by Crippen LogP contribution is 2.48. The predicted octanol–water partition coefficient (Wildman–Crippen LogP) is 2.29. The number of nitrogens with zero attached hydrogens (tertiary/aromatic N) is 1. The summed E-state index contributed by atoms with van der Waals surface area (Å²) in [6.45, 7) is 4.17. The number of methoxy groups -OCH3 is 1. The van der Waals surface area contributed by atoms with Gasteiger partial charge in [-0.2, -0.15) is 5.26 Å². The van der Waals surface area contributed by atoms with E-state index >= 15 is 0 Å². The van der Waals surface area contributed by atoms with E-state index in [1.165, 1.54) is 17.8 Å². The summed E-state index contributed by atoms with van der Waals surface area (Å²) in [5.74, 6) is -0.439. The second-order valence-electron chi connectivity index (χ2n) is 6.00. The zero-order valence-corrected chi connectivity index (χ0v) is 15.3. The van der Waals surface area contributed by atoms with Gasteiger partial charge in [0.1, 0.15) is 11.6 Å². The number of aromatic amines is 1. The number of H-pyrrole nitrogens is 1. The van der Waals surface area contributed by atoms with Crippen LogP contribution in [0.5, 0.6) is 0 Å². The predicted molar refractivity (Wildman–Crippen MR) is 93.2 cm³/mol. The average molecular weight is 349 g/mol. The van der Waals surface area contributed by atoms with Crippen molar-refractivity contribution in [3.8, 4) is 6.07 Å². The number of thioether (sulfide) groups is 1. The summed E-state index contributed by atoms with van der Waals surface area (Å²) in [5.41, 5.74) is -0.301. The Bertz CT molecular complexity index is 719. The minimum absolute atomic E-state index is 0.0219. The molecule has 130 valence electrons. The van der Waals surface area contributed by atoms with Crippen LogP contribution in [0, 0.1) is 16.7 Å². The van der Waals surface area contributed by atoms with Gasteiger partial charge in [0.15, 0.2) is 0 Å². The standard InChI is InChI=1S/C17H23N3O3S/c1-5-17(6-2)12(8-13(17)23-3)19-14(21)11-7-10(9-18)16(24-4)20-15(11)22/h7,12-13H,5-6,8H2,1-4H3,(H,19,21)(H,20,22). The second-order valence-corrected chi connectivity index (χ2v) is 6.81. The quantitative estimate of drug-likeness (QED) is 0.768. The molecule has 2 unspecified atom stereocenters. The Morgan fingerprint density at radius 2 is 2.21 bits per heavy atom. The fraction of sp³-hybridized carbons (Fsp3) is 0.588. The number of aromatic nitrogens is 1. The minimum Gasteiger partial charge on any atom is -0.381 e. The first-order chi connectivity index (χ1) is 11.5. The summed E-state index contributed by atoms with van der Waals surface area (Å²) in [6.07, 6.45) is 4.39. The molecule has 0 aliphatic heterocycles. The maximum atomic E-state index is 12.6. The van der Waals surface area contributed by atoms with E-state index in [4.69, 9.17) is 4.74 Å². The highest BCUT2D eigenvalue weighted by Gasteiger charge is 2.53. The molecule has 1 fully saturated rings. The van der Waals surface area contributed by atoms with Gasteiger partial charge in [-0.3, -0.25) is 9.59 Å². The number of hydrogen-bond acceptors (Lipinski definition) is 5. The van der Waals surface area contributed by atoms with Crippen molar-refractivity contribution in [3.63, 3.8) is 0 Å². The molecule has 0 radical (unpaired) electrons. The maximum absolute atomic E-state index is 12.6. The lowest BCUT2D eigenvalue weighted by Crippen LogP contribution is -2.64. The molecule has 1 amide bonds. The van der Waals surface area contributed by atoms with E-state index in [2.05, 4.69) is 24.1 Å². The maximum Gasteiger partial charge on any atom is 0.261 e. The van der Waals surface area contributed by atoms with E-state index in [1.54, 1.807) is 13.4 Å². The molecule has 2 atom stereocenters. The number of carbonyl (C=O) groups excluding carboxylic acids is 1. The first-order valence-electron chi connectivity index (χ1n) is 8.02. The first kappa shape index (κ1) is 18.6. The van der Waals surface area contributed by atoms with Gasteiger partial charge in [-0.25, -0.2) is 0 Å². The van der Waals surface area contributed by atoms with Gasteiger partial charge in [-0.1, -0.05) is 13.8 Å². The molecule has 1 heterocycles. The number of carbonyl (C=O) groups is 1. The van der Waals surface area contributed by atoms with Crippen molar-refractivity contribution in [1.82, 2.24) is 10.3 Å². The summed E-state index contributed by atoms with van der Waals surface area (Å²) >= 11 is 1.27. The SMILES string of the molecule is CCC1(CC)C(NC(=O)c2cc(C#N)c(SC)[nH]c2=O)CC1OC. The number of amides is 1. The van der Waals surface area contributed by atoms with Crippen LogP contribution >= 0.6 is 11.8 Å². The van der Waals surface area contributed by atoms with Gasteiger partial charge in [0.2, 0.25) is 0 Å². The van der Waals surface area contributed by atoms with Crippen LogP contribution in [-0.4, -0.2) is 36.4 Å². The number of pyridine rings is 1. The van der Waals surface area contributed by atoms with Crippen LogP contribution in [0.3, 0.4) is 0 Å². The van der Waals surface area contributed by atoms with Gasteiger partial charge >= 0.3 is 0 Å². The molecule has 1 saturated carbocycles. The Morgan fingerprint density at radius 3 is 2.71 bits per heavy atom. The van der Waals surface area contributed by atoms with Crippen molar-refractivity contribution >= 4 is 17.7 Å². The van der Waals surface area contributed by atoms with Crippen LogP contribution in [0.2, 0.25) is 0 Å². The highest BCUT2D eigenvalue weighted by atomic mass is 32.2. The van der Waals surface area contributed by atoms with Crippen molar-refractivity contribution in [3.05, 3.63) is 27.5 Å². The molecule has 0 spiro atoms. The lowest BCUT2D eigenvalue weighted by Gasteiger charge is -2.55. The number of hydrogen-bond donors (Lipinski definition) is 2. The molecule has 2 rings (SSSR count). The van der Waals surface area contributed by atoms with Crippen molar-refractivity contribution in [1.29, 1.82) is 5.26 Å². The number of nitriles is 1. The molecule has 0 bridgehead atoms. The topological polar surface area (TPSA) is 95.0 Å². The van der Waals surface area contributed by atoms with E-state index in [9.17, 15) is 14.9 Å². The lowest BCUT2D eigenvalue weighted by atomic mass is 9.58. The molecule has 0 aromatic carbocycles. The van der Waals surface area contributed by atoms with Crippen LogP contribution in [0.1, 0.15) is 49.0 Å². The first-order valence-corrected chi connectivity index (χ1v) is 9.24. The normalized spacial score (nSPS) is 21.6. The van der Waals surface area contributed by atoms with E-state index < -0.39 is 11.5 Å². The monoisotopic (exact) mass is 349 g/mol. The lowest BCUT2D eigenvalue weighted by molar-refractivity contribution is -0.120. The molecular formula is C17H23N3O3S. The summed E-state index contributed by atoms with van der Waals surface area (Å²) in [7, 11) is 1.69. The van der Waals surface area contributed by atoms with Crippen molar-refractivity contribution in [2.75, 3.05) is 13.4 Å². The fourth-order valence-corrected chi connectivity index (χ4v) is 4.16. The zero-order valence-electron chi connectivity index (χ0n) is 14.4. The van der Waals surface area contributed by atoms with Crippen LogP contribution in [0.25, 0.3) is 0 Å². The summed E-state index contributed by atoms with van der Waals surface area (Å²) < 4.78 is 5.53. The molecule has 1 aliphatic carbocycles. The largest absolute Gasteiger partial charge is 0.381 e. The summed E-state index contributed by atoms with van der Waals surface area (Å²) in [6, 6.07) is 3.35. The van der Waals surface area contributed by atoms with Crippen LogP contribution in [0.15, 0.2) is 15.9 Å². The molecule has 2 N–H and O–H groups in total. The summed E-state index contributed by atoms with van der Waals surface area (Å²) in [4.78, 5) is 27.3. The van der Waals surface area contributed by atoms with Gasteiger partial charge in [0, 0.05) is 18.6 Å². The van der Waals surface area contributed by atoms with Crippen molar-refractivity contribution in [2.45, 2.75) is 50.3 Å². The Labute approximate surface area is 146 Å². The molecule has 1 aliphatic rings. The molecule has 1 aromatic heterocycles. The van der Waals surface area contributed by atoms with E-state index in [1.807, 2.05) is 6.07 Å². The third-order valence-electron chi connectivity index (χ3n) is 5.27. The zero-order chi connectivity index (χ0) is 17.9. The third-order valence-corrected chi connectivity index (χ3v) is 6.00. The molecule has 1 aromatic rings. The van der Waals surface area contributed by atoms with Gasteiger partial charge in [0.05, 0.1) is 16.7 Å². The molecule has 6 nitrogen and oxygen atoms in total. The Balaban J connectivity index is 2.25. The molecule has 24 heavy (non-hydrogen) atoms. The van der Waals surface area contributed by atoms with Crippen LogP contribution in [-0.2, 0) is 4.74 Å². The van der Waals surface area contributed by atoms with Crippen LogP contribution < -0.4 is 10.9 Å². The summed E-state index contributed by atoms with van der Waals surface area (Å²) in [5, 5.41) is 12.6. The fourth-order valence-electron chi connectivity index (χ4n) is 3.64. The minimum atomic E-state index is -0.475.